The highest BCUT2D eigenvalue weighted by atomic mass is 32.1. The van der Waals surface area contributed by atoms with E-state index in [1.807, 2.05) is 18.0 Å². The van der Waals surface area contributed by atoms with Crippen LogP contribution in [0.3, 0.4) is 0 Å². The molecule has 3 aliphatic rings. The van der Waals surface area contributed by atoms with Crippen LogP contribution in [0.25, 0.3) is 32.2 Å². The largest absolute Gasteiger partial charge is 0.461 e. The monoisotopic (exact) mass is 594 g/mol. The van der Waals surface area contributed by atoms with Crippen molar-refractivity contribution in [3.05, 3.63) is 35.5 Å². The molecule has 42 heavy (non-hydrogen) atoms. The first-order chi connectivity index (χ1) is 20.3. The molecular weight excluding hydrogens is 565 g/mol. The summed E-state index contributed by atoms with van der Waals surface area (Å²) in [4.78, 5) is 17.8. The van der Waals surface area contributed by atoms with Gasteiger partial charge in [0.25, 0.3) is 0 Å². The standard InChI is InChI=1S/C29H29F3N8OS/c1-39(16-5-7-35-11-16)27-19-12-36-23(17-3-4-20(31)25-21(17)18(10-33)26(34)42-25)22(32)24(19)37-28(38-27)41-14-29-6-2-8-40(29)13-15(30)9-29/h3-4,12,15-16,35H,2,5-9,11,13-14,34H2,1H3/t15-,16-,29+/m1/s1. The number of nitrogens with two attached hydrogens (primary N) is 1. The molecule has 0 bridgehead atoms. The Hall–Kier alpha value is -3.73. The highest BCUT2D eigenvalue weighted by Gasteiger charge is 2.49. The van der Waals surface area contributed by atoms with E-state index in [0.29, 0.717) is 24.2 Å². The minimum atomic E-state index is -0.911. The van der Waals surface area contributed by atoms with E-state index in [-0.39, 0.29) is 56.1 Å². The predicted molar refractivity (Wildman–Crippen MR) is 155 cm³/mol. The molecule has 3 N–H and O–H groups in total. The predicted octanol–water partition coefficient (Wildman–Crippen LogP) is 4.39. The van der Waals surface area contributed by atoms with Gasteiger partial charge in [0.15, 0.2) is 5.82 Å². The smallest absolute Gasteiger partial charge is 0.319 e. The molecule has 0 saturated carbocycles. The lowest BCUT2D eigenvalue weighted by molar-refractivity contribution is 0.107. The molecule has 0 unspecified atom stereocenters. The molecular formula is C29H29F3N8OS. The van der Waals surface area contributed by atoms with Gasteiger partial charge >= 0.3 is 6.01 Å². The second-order valence-corrected chi connectivity index (χ2v) is 12.4. The minimum Gasteiger partial charge on any atom is -0.461 e. The second-order valence-electron chi connectivity index (χ2n) is 11.4. The maximum atomic E-state index is 16.5. The third-order valence-corrected chi connectivity index (χ3v) is 10.0. The van der Waals surface area contributed by atoms with Crippen molar-refractivity contribution in [2.75, 3.05) is 50.5 Å². The summed E-state index contributed by atoms with van der Waals surface area (Å²) in [7, 11) is 1.90. The average Bonchev–Trinajstić information content (AvgIpc) is 3.76. The molecule has 9 nitrogen and oxygen atoms in total. The van der Waals surface area contributed by atoms with Crippen LogP contribution in [0.15, 0.2) is 18.3 Å². The average molecular weight is 595 g/mol. The van der Waals surface area contributed by atoms with Gasteiger partial charge in [0, 0.05) is 49.7 Å². The molecule has 6 heterocycles. The Bertz CT molecular complexity index is 1750. The van der Waals surface area contributed by atoms with Gasteiger partial charge in [-0.05, 0) is 44.5 Å². The van der Waals surface area contributed by atoms with Gasteiger partial charge in [-0.2, -0.15) is 15.2 Å². The summed E-state index contributed by atoms with van der Waals surface area (Å²) in [6.45, 7) is 3.00. The van der Waals surface area contributed by atoms with Gasteiger partial charge < -0.3 is 20.7 Å². The first-order valence-corrected chi connectivity index (χ1v) is 14.8. The lowest BCUT2D eigenvalue weighted by Crippen LogP contribution is -2.43. The van der Waals surface area contributed by atoms with Crippen molar-refractivity contribution in [2.45, 2.75) is 43.4 Å². The number of hydrogen-bond donors (Lipinski definition) is 2. The molecule has 1 aromatic carbocycles. The Labute approximate surface area is 244 Å². The van der Waals surface area contributed by atoms with E-state index in [1.54, 1.807) is 0 Å². The molecule has 7 rings (SSSR count). The van der Waals surface area contributed by atoms with Crippen molar-refractivity contribution in [2.24, 2.45) is 0 Å². The summed E-state index contributed by atoms with van der Waals surface area (Å²) < 4.78 is 51.9. The molecule has 0 amide bonds. The summed E-state index contributed by atoms with van der Waals surface area (Å²) in [5.74, 6) is -0.826. The van der Waals surface area contributed by atoms with E-state index in [4.69, 9.17) is 15.5 Å². The molecule has 3 atom stereocenters. The number of nitrogen functional groups attached to an aromatic ring is 1. The third-order valence-electron chi connectivity index (χ3n) is 8.98. The lowest BCUT2D eigenvalue weighted by Gasteiger charge is -2.31. The number of fused-ring (bicyclic) bond motifs is 3. The number of rotatable bonds is 6. The van der Waals surface area contributed by atoms with Crippen molar-refractivity contribution in [1.82, 2.24) is 25.2 Å². The highest BCUT2D eigenvalue weighted by molar-refractivity contribution is 7.23. The zero-order valence-corrected chi connectivity index (χ0v) is 23.8. The van der Waals surface area contributed by atoms with Gasteiger partial charge in [0.05, 0.1) is 21.2 Å². The minimum absolute atomic E-state index is 0.00312. The Kier molecular flexibility index (Phi) is 6.60. The molecule has 0 spiro atoms. The van der Waals surface area contributed by atoms with Crippen molar-refractivity contribution >= 4 is 43.1 Å². The van der Waals surface area contributed by atoms with Gasteiger partial charge in [0.2, 0.25) is 0 Å². The number of nitriles is 1. The van der Waals surface area contributed by atoms with Crippen LogP contribution in [0.5, 0.6) is 6.01 Å². The van der Waals surface area contributed by atoms with E-state index in [9.17, 15) is 14.0 Å². The van der Waals surface area contributed by atoms with E-state index in [0.717, 1.165) is 50.2 Å². The number of likely N-dealkylation sites (N-methyl/N-ethyl adjacent to an activating group) is 1. The number of alkyl halides is 1. The Balaban J connectivity index is 1.36. The van der Waals surface area contributed by atoms with Crippen LogP contribution in [-0.4, -0.2) is 77.4 Å². The van der Waals surface area contributed by atoms with Crippen LogP contribution >= 0.6 is 11.3 Å². The first-order valence-electron chi connectivity index (χ1n) is 14.0. The Morgan fingerprint density at radius 1 is 1.33 bits per heavy atom. The number of hydrogen-bond acceptors (Lipinski definition) is 10. The van der Waals surface area contributed by atoms with Crippen molar-refractivity contribution < 1.29 is 17.9 Å². The van der Waals surface area contributed by atoms with Crippen molar-refractivity contribution in [1.29, 1.82) is 5.26 Å². The van der Waals surface area contributed by atoms with Crippen LogP contribution in [0, 0.1) is 23.0 Å². The van der Waals surface area contributed by atoms with Crippen molar-refractivity contribution in [3.8, 4) is 23.3 Å². The second kappa shape index (κ2) is 10.2. The number of pyridine rings is 1. The fourth-order valence-electron chi connectivity index (χ4n) is 6.83. The molecule has 3 aromatic heterocycles. The van der Waals surface area contributed by atoms with Gasteiger partial charge in [0.1, 0.15) is 46.7 Å². The SMILES string of the molecule is CN(c1nc(OC[C@@]23CCCN2C[C@H](F)C3)nc2c(F)c(-c3ccc(F)c4sc(N)c(C#N)c34)ncc12)[C@@H]1CCNC1. The summed E-state index contributed by atoms with van der Waals surface area (Å²) in [5.41, 5.74) is 5.82. The fraction of sp³-hybridized carbons (Fsp3) is 0.448. The number of benzene rings is 1. The van der Waals surface area contributed by atoms with Crippen LogP contribution in [0.4, 0.5) is 24.0 Å². The molecule has 4 aromatic rings. The fourth-order valence-corrected chi connectivity index (χ4v) is 7.78. The van der Waals surface area contributed by atoms with Crippen molar-refractivity contribution in [3.63, 3.8) is 0 Å². The lowest BCUT2D eigenvalue weighted by atomic mass is 9.95. The number of nitrogens with one attached hydrogen (secondary N) is 1. The van der Waals surface area contributed by atoms with E-state index in [2.05, 4.69) is 20.2 Å². The Morgan fingerprint density at radius 2 is 2.19 bits per heavy atom. The van der Waals surface area contributed by atoms with Gasteiger partial charge in [-0.25, -0.2) is 13.2 Å². The summed E-state index contributed by atoms with van der Waals surface area (Å²) in [5, 5.41) is 13.8. The van der Waals surface area contributed by atoms with Gasteiger partial charge in [-0.3, -0.25) is 9.88 Å². The molecule has 3 saturated heterocycles. The zero-order chi connectivity index (χ0) is 29.2. The number of ether oxygens (including phenoxy) is 1. The molecule has 13 heteroatoms. The summed E-state index contributed by atoms with van der Waals surface area (Å²) >= 11 is 0.938. The highest BCUT2D eigenvalue weighted by Crippen LogP contribution is 2.43. The number of thiophene rings is 1. The van der Waals surface area contributed by atoms with Gasteiger partial charge in [-0.15, -0.1) is 11.3 Å². The maximum Gasteiger partial charge on any atom is 0.319 e. The molecule has 3 aliphatic heterocycles. The molecule has 0 radical (unpaired) electrons. The van der Waals surface area contributed by atoms with Gasteiger partial charge in [-0.1, -0.05) is 0 Å². The third kappa shape index (κ3) is 4.23. The zero-order valence-electron chi connectivity index (χ0n) is 23.0. The number of aromatic nitrogens is 3. The van der Waals surface area contributed by atoms with E-state index in [1.165, 1.54) is 18.3 Å². The quantitative estimate of drug-likeness (QED) is 0.335. The topological polar surface area (TPSA) is 116 Å². The Morgan fingerprint density at radius 3 is 2.98 bits per heavy atom. The van der Waals surface area contributed by atoms with Crippen LogP contribution < -0.4 is 20.7 Å². The number of anilines is 2. The normalized spacial score (nSPS) is 24.0. The maximum absolute atomic E-state index is 16.5. The summed E-state index contributed by atoms with van der Waals surface area (Å²) in [6, 6.07) is 4.75. The van der Waals surface area contributed by atoms with Crippen LogP contribution in [0.1, 0.15) is 31.2 Å². The van der Waals surface area contributed by atoms with Crippen LogP contribution in [0.2, 0.25) is 0 Å². The van der Waals surface area contributed by atoms with Crippen LogP contribution in [-0.2, 0) is 0 Å². The molecule has 218 valence electrons. The number of nitrogens with zero attached hydrogens (tertiary/aromatic N) is 6. The molecule has 3 fully saturated rings. The molecule has 0 aliphatic carbocycles. The summed E-state index contributed by atoms with van der Waals surface area (Å²) in [6.07, 6.45) is 3.64. The van der Waals surface area contributed by atoms with E-state index >= 15 is 4.39 Å². The first kappa shape index (κ1) is 27.1. The number of halogens is 3. The van der Waals surface area contributed by atoms with E-state index < -0.39 is 23.3 Å².